The van der Waals surface area contributed by atoms with E-state index < -0.39 is 23.9 Å². The topological polar surface area (TPSA) is 91.8 Å². The van der Waals surface area contributed by atoms with E-state index in [1.165, 1.54) is 12.3 Å². The molecule has 7 heteroatoms. The highest BCUT2D eigenvalue weighted by atomic mass is 16.7. The first-order chi connectivity index (χ1) is 9.66. The van der Waals surface area contributed by atoms with Gasteiger partial charge in [0.15, 0.2) is 5.75 Å². The first-order valence-electron chi connectivity index (χ1n) is 6.75. The molecule has 1 aliphatic heterocycles. The van der Waals surface area contributed by atoms with Crippen LogP contribution in [0.15, 0.2) is 22.5 Å². The van der Waals surface area contributed by atoms with E-state index in [1.54, 1.807) is 6.08 Å². The second-order valence-electron chi connectivity index (χ2n) is 6.11. The fraction of sp³-hybridized carbons (Fsp3) is 0.500. The molecule has 0 amide bonds. The molecular weight excluding hydrogens is 273 g/mol. The van der Waals surface area contributed by atoms with E-state index in [9.17, 15) is 15.0 Å². The Labute approximate surface area is 123 Å². The molecule has 6 nitrogen and oxygen atoms in total. The quantitative estimate of drug-likeness (QED) is 0.725. The minimum absolute atomic E-state index is 0.253. The average Bonchev–Trinajstić information content (AvgIpc) is 2.59. The van der Waals surface area contributed by atoms with Crippen LogP contribution in [0.5, 0.6) is 5.75 Å². The summed E-state index contributed by atoms with van der Waals surface area (Å²) in [5, 5.41) is 19.0. The van der Waals surface area contributed by atoms with Gasteiger partial charge in [0.2, 0.25) is 0 Å². The van der Waals surface area contributed by atoms with Crippen molar-refractivity contribution in [1.29, 1.82) is 0 Å². The van der Waals surface area contributed by atoms with Crippen LogP contribution in [0.2, 0.25) is 0 Å². The number of rotatable bonds is 3. The van der Waals surface area contributed by atoms with Gasteiger partial charge in [-0.3, -0.25) is 4.79 Å². The van der Waals surface area contributed by atoms with Crippen LogP contribution in [0.1, 0.15) is 33.3 Å². The first kappa shape index (κ1) is 15.8. The molecule has 1 aromatic heterocycles. The van der Waals surface area contributed by atoms with Crippen molar-refractivity contribution < 1.29 is 19.5 Å². The standard InChI is InChI=1S/C14H20BNO5/c1-13(2)14(3,4)21-15(20-13)10(8-17)5-9-6-11(18)12(19)16-7-9/h5-7,17-18H,8H2,1-4H3,(H,16,19). The van der Waals surface area contributed by atoms with Crippen molar-refractivity contribution >= 4 is 13.2 Å². The molecule has 0 aromatic carbocycles. The van der Waals surface area contributed by atoms with E-state index in [0.717, 1.165) is 0 Å². The lowest BCUT2D eigenvalue weighted by Crippen LogP contribution is -2.41. The number of aromatic nitrogens is 1. The molecule has 3 N–H and O–H groups in total. The van der Waals surface area contributed by atoms with E-state index in [2.05, 4.69) is 4.98 Å². The van der Waals surface area contributed by atoms with Gasteiger partial charge >= 0.3 is 7.12 Å². The smallest absolute Gasteiger partial charge is 0.492 e. The number of aromatic hydroxyl groups is 1. The first-order valence-corrected chi connectivity index (χ1v) is 6.75. The molecule has 0 unspecified atom stereocenters. The maximum atomic E-state index is 11.1. The van der Waals surface area contributed by atoms with Gasteiger partial charge in [0.05, 0.1) is 17.8 Å². The van der Waals surface area contributed by atoms with Gasteiger partial charge in [-0.05, 0) is 44.8 Å². The summed E-state index contributed by atoms with van der Waals surface area (Å²) in [4.78, 5) is 13.5. The van der Waals surface area contributed by atoms with Crippen molar-refractivity contribution in [1.82, 2.24) is 4.98 Å². The third-order valence-corrected chi connectivity index (χ3v) is 4.00. The zero-order chi connectivity index (χ0) is 15.8. The van der Waals surface area contributed by atoms with Crippen LogP contribution in [0.4, 0.5) is 0 Å². The molecule has 0 saturated carbocycles. The van der Waals surface area contributed by atoms with Crippen molar-refractivity contribution in [2.75, 3.05) is 6.61 Å². The Bertz CT molecular complexity index is 604. The van der Waals surface area contributed by atoms with Gasteiger partial charge in [-0.1, -0.05) is 6.08 Å². The number of aliphatic hydroxyl groups excluding tert-OH is 1. The van der Waals surface area contributed by atoms with Gasteiger partial charge in [0, 0.05) is 6.20 Å². The Hall–Kier alpha value is -1.57. The molecule has 1 aliphatic rings. The third kappa shape index (κ3) is 3.05. The van der Waals surface area contributed by atoms with Crippen LogP contribution in [0.3, 0.4) is 0 Å². The van der Waals surface area contributed by atoms with E-state index in [0.29, 0.717) is 11.0 Å². The summed E-state index contributed by atoms with van der Waals surface area (Å²) >= 11 is 0. The van der Waals surface area contributed by atoms with Gasteiger partial charge in [0.25, 0.3) is 5.56 Å². The Balaban J connectivity index is 2.30. The van der Waals surface area contributed by atoms with E-state index >= 15 is 0 Å². The molecular formula is C14H20BNO5. The van der Waals surface area contributed by atoms with Crippen molar-refractivity contribution in [2.45, 2.75) is 38.9 Å². The summed E-state index contributed by atoms with van der Waals surface area (Å²) in [6.07, 6.45) is 3.07. The fourth-order valence-corrected chi connectivity index (χ4v) is 1.97. The summed E-state index contributed by atoms with van der Waals surface area (Å²) in [6.45, 7) is 7.44. The van der Waals surface area contributed by atoms with Crippen molar-refractivity contribution in [2.24, 2.45) is 0 Å². The number of nitrogens with one attached hydrogen (secondary N) is 1. The van der Waals surface area contributed by atoms with Crippen molar-refractivity contribution in [3.05, 3.63) is 33.7 Å². The largest absolute Gasteiger partial charge is 0.503 e. The summed E-state index contributed by atoms with van der Waals surface area (Å²) < 4.78 is 11.7. The van der Waals surface area contributed by atoms with Crippen LogP contribution in [0, 0.1) is 0 Å². The molecule has 1 saturated heterocycles. The monoisotopic (exact) mass is 293 g/mol. The maximum Gasteiger partial charge on any atom is 0.492 e. The predicted octanol–water partition coefficient (Wildman–Crippen LogP) is 1.09. The van der Waals surface area contributed by atoms with Crippen molar-refractivity contribution in [3.8, 4) is 5.75 Å². The second kappa shape index (κ2) is 5.33. The summed E-state index contributed by atoms with van der Waals surface area (Å²) in [7, 11) is -0.672. The van der Waals surface area contributed by atoms with Crippen LogP contribution in [-0.4, -0.2) is 40.1 Å². The zero-order valence-corrected chi connectivity index (χ0v) is 12.6. The highest BCUT2D eigenvalue weighted by Crippen LogP contribution is 2.38. The molecule has 0 spiro atoms. The molecule has 0 radical (unpaired) electrons. The second-order valence-corrected chi connectivity index (χ2v) is 6.11. The SMILES string of the molecule is CC1(C)OB(C(=Cc2c[nH]c(=O)c(O)c2)CO)OC1(C)C. The van der Waals surface area contributed by atoms with E-state index in [-0.39, 0.29) is 12.4 Å². The Morgan fingerprint density at radius 3 is 2.38 bits per heavy atom. The third-order valence-electron chi connectivity index (χ3n) is 4.00. The molecule has 2 rings (SSSR count). The predicted molar refractivity (Wildman–Crippen MR) is 79.9 cm³/mol. The minimum atomic E-state index is -0.672. The average molecular weight is 293 g/mol. The minimum Gasteiger partial charge on any atom is -0.503 e. The van der Waals surface area contributed by atoms with Gasteiger partial charge in [-0.15, -0.1) is 0 Å². The fourth-order valence-electron chi connectivity index (χ4n) is 1.97. The molecule has 0 atom stereocenters. The van der Waals surface area contributed by atoms with Gasteiger partial charge < -0.3 is 24.5 Å². The normalized spacial score (nSPS) is 20.8. The Morgan fingerprint density at radius 1 is 1.33 bits per heavy atom. The molecule has 21 heavy (non-hydrogen) atoms. The Kier molecular flexibility index (Phi) is 4.01. The molecule has 2 heterocycles. The van der Waals surface area contributed by atoms with Gasteiger partial charge in [-0.2, -0.15) is 0 Å². The molecule has 0 bridgehead atoms. The molecule has 0 aliphatic carbocycles. The van der Waals surface area contributed by atoms with Gasteiger partial charge in [-0.25, -0.2) is 0 Å². The number of hydrogen-bond acceptors (Lipinski definition) is 5. The zero-order valence-electron chi connectivity index (χ0n) is 12.6. The van der Waals surface area contributed by atoms with Crippen LogP contribution in [0.25, 0.3) is 6.08 Å². The van der Waals surface area contributed by atoms with Crippen LogP contribution >= 0.6 is 0 Å². The lowest BCUT2D eigenvalue weighted by atomic mass is 9.77. The Morgan fingerprint density at radius 2 is 1.90 bits per heavy atom. The number of hydrogen-bond donors (Lipinski definition) is 3. The number of H-pyrrole nitrogens is 1. The summed E-state index contributed by atoms with van der Waals surface area (Å²) in [5.74, 6) is -0.380. The van der Waals surface area contributed by atoms with Crippen molar-refractivity contribution in [3.63, 3.8) is 0 Å². The molecule has 1 fully saturated rings. The molecule has 1 aromatic rings. The summed E-state index contributed by atoms with van der Waals surface area (Å²) in [6, 6.07) is 1.32. The summed E-state index contributed by atoms with van der Waals surface area (Å²) in [5.41, 5.74) is -0.503. The van der Waals surface area contributed by atoms with E-state index in [1.807, 2.05) is 27.7 Å². The van der Waals surface area contributed by atoms with Crippen LogP contribution < -0.4 is 5.56 Å². The highest BCUT2D eigenvalue weighted by molar-refractivity contribution is 6.55. The lowest BCUT2D eigenvalue weighted by molar-refractivity contribution is 0.00578. The molecule has 114 valence electrons. The number of aromatic amines is 1. The lowest BCUT2D eigenvalue weighted by Gasteiger charge is -2.32. The van der Waals surface area contributed by atoms with Crippen LogP contribution in [-0.2, 0) is 9.31 Å². The number of aliphatic hydroxyl groups is 1. The van der Waals surface area contributed by atoms with Gasteiger partial charge in [0.1, 0.15) is 0 Å². The van der Waals surface area contributed by atoms with E-state index in [4.69, 9.17) is 9.31 Å². The maximum absolute atomic E-state index is 11.1. The number of pyridine rings is 1. The highest BCUT2D eigenvalue weighted by Gasteiger charge is 2.52.